The van der Waals surface area contributed by atoms with Crippen LogP contribution in [0.2, 0.25) is 0 Å². The molecule has 5 heteroatoms. The van der Waals surface area contributed by atoms with Crippen LogP contribution in [0.5, 0.6) is 5.75 Å². The third-order valence-corrected chi connectivity index (χ3v) is 5.61. The Morgan fingerprint density at radius 3 is 2.23 bits per heavy atom. The van der Waals surface area contributed by atoms with Crippen molar-refractivity contribution in [2.24, 2.45) is 11.7 Å². The highest BCUT2D eigenvalue weighted by Gasteiger charge is 2.57. The van der Waals surface area contributed by atoms with Crippen LogP contribution in [0.1, 0.15) is 38.8 Å². The van der Waals surface area contributed by atoms with E-state index in [-0.39, 0.29) is 11.7 Å². The molecule has 1 aliphatic rings. The molecule has 2 amide bonds. The van der Waals surface area contributed by atoms with Crippen LogP contribution in [0.15, 0.2) is 48.5 Å². The van der Waals surface area contributed by atoms with Gasteiger partial charge < -0.3 is 15.7 Å². The number of hydrogen-bond acceptors (Lipinski definition) is 3. The Morgan fingerprint density at radius 1 is 1.08 bits per heavy atom. The summed E-state index contributed by atoms with van der Waals surface area (Å²) in [6.07, 6.45) is 0. The van der Waals surface area contributed by atoms with Gasteiger partial charge in [-0.25, -0.2) is 0 Å². The summed E-state index contributed by atoms with van der Waals surface area (Å²) in [6, 6.07) is 14.6. The Hall–Kier alpha value is -2.82. The first-order valence-corrected chi connectivity index (χ1v) is 8.61. The standard InChI is InChI=1S/C21H24N2O3/c1-13(24)23-17-12-15(25)10-11-16(17)21(4,14-8-6-5-7-9-14)18(19(22)26)20(23,2)3/h5-12,18,25H,1-4H3,(H2,22,26). The molecular formula is C21H24N2O3. The number of phenolic OH excluding ortho intramolecular Hbond substituents is 1. The van der Waals surface area contributed by atoms with Crippen molar-refractivity contribution in [1.29, 1.82) is 0 Å². The maximum absolute atomic E-state index is 12.6. The van der Waals surface area contributed by atoms with Crippen LogP contribution in [0.3, 0.4) is 0 Å². The Balaban J connectivity index is 2.44. The van der Waals surface area contributed by atoms with Crippen LogP contribution in [0.4, 0.5) is 5.69 Å². The minimum Gasteiger partial charge on any atom is -0.508 e. The third-order valence-electron chi connectivity index (χ3n) is 5.61. The number of phenols is 1. The summed E-state index contributed by atoms with van der Waals surface area (Å²) < 4.78 is 0. The van der Waals surface area contributed by atoms with Crippen molar-refractivity contribution in [3.8, 4) is 5.75 Å². The molecule has 2 aromatic rings. The highest BCUT2D eigenvalue weighted by molar-refractivity contribution is 5.98. The number of hydrogen-bond donors (Lipinski definition) is 2. The quantitative estimate of drug-likeness (QED) is 0.871. The van der Waals surface area contributed by atoms with E-state index in [1.54, 1.807) is 23.1 Å². The summed E-state index contributed by atoms with van der Waals surface area (Å²) in [5.41, 5.74) is 6.59. The topological polar surface area (TPSA) is 83.6 Å². The van der Waals surface area contributed by atoms with Crippen LogP contribution < -0.4 is 10.6 Å². The number of benzene rings is 2. The van der Waals surface area contributed by atoms with Gasteiger partial charge >= 0.3 is 0 Å². The monoisotopic (exact) mass is 352 g/mol. The fraction of sp³-hybridized carbons (Fsp3) is 0.333. The van der Waals surface area contributed by atoms with Crippen molar-refractivity contribution < 1.29 is 14.7 Å². The number of nitrogens with two attached hydrogens (primary N) is 1. The van der Waals surface area contributed by atoms with Gasteiger partial charge in [0.05, 0.1) is 17.1 Å². The van der Waals surface area contributed by atoms with E-state index in [2.05, 4.69) is 0 Å². The lowest BCUT2D eigenvalue weighted by atomic mass is 9.57. The summed E-state index contributed by atoms with van der Waals surface area (Å²) in [4.78, 5) is 26.7. The molecule has 3 rings (SSSR count). The Bertz CT molecular complexity index is 876. The first-order valence-electron chi connectivity index (χ1n) is 8.61. The molecule has 0 fully saturated rings. The number of nitrogens with zero attached hydrogens (tertiary/aromatic N) is 1. The van der Waals surface area contributed by atoms with Crippen LogP contribution >= 0.6 is 0 Å². The maximum Gasteiger partial charge on any atom is 0.224 e. The molecule has 1 aliphatic heterocycles. The molecule has 0 spiro atoms. The average molecular weight is 352 g/mol. The SMILES string of the molecule is CC(=O)N1c2cc(O)ccc2C(C)(c2ccccc2)C(C(N)=O)C1(C)C. The molecule has 0 saturated carbocycles. The van der Waals surface area contributed by atoms with Crippen molar-refractivity contribution in [3.63, 3.8) is 0 Å². The maximum atomic E-state index is 12.6. The second kappa shape index (κ2) is 5.87. The molecule has 3 N–H and O–H groups in total. The summed E-state index contributed by atoms with van der Waals surface area (Å²) in [7, 11) is 0. The summed E-state index contributed by atoms with van der Waals surface area (Å²) in [5, 5.41) is 10.0. The Kier molecular flexibility index (Phi) is 4.06. The largest absolute Gasteiger partial charge is 0.508 e. The predicted octanol–water partition coefficient (Wildman–Crippen LogP) is 2.94. The first-order chi connectivity index (χ1) is 12.1. The van der Waals surface area contributed by atoms with Gasteiger partial charge in [-0.2, -0.15) is 0 Å². The first kappa shape index (κ1) is 18.0. The Morgan fingerprint density at radius 2 is 1.69 bits per heavy atom. The van der Waals surface area contributed by atoms with Crippen molar-refractivity contribution in [2.45, 2.75) is 38.6 Å². The van der Waals surface area contributed by atoms with Gasteiger partial charge in [0.25, 0.3) is 0 Å². The molecule has 0 bridgehead atoms. The molecular weight excluding hydrogens is 328 g/mol. The fourth-order valence-corrected chi connectivity index (χ4v) is 4.76. The predicted molar refractivity (Wildman–Crippen MR) is 101 cm³/mol. The normalized spacial score (nSPS) is 24.0. The average Bonchev–Trinajstić information content (AvgIpc) is 2.53. The molecule has 0 radical (unpaired) electrons. The lowest BCUT2D eigenvalue weighted by Gasteiger charge is -2.55. The molecule has 0 aromatic heterocycles. The lowest BCUT2D eigenvalue weighted by molar-refractivity contribution is -0.127. The highest BCUT2D eigenvalue weighted by Crippen LogP contribution is 2.54. The molecule has 2 unspecified atom stereocenters. The number of anilines is 1. The number of carbonyl (C=O) groups excluding carboxylic acids is 2. The summed E-state index contributed by atoms with van der Waals surface area (Å²) in [6.45, 7) is 7.13. The van der Waals surface area contributed by atoms with Gasteiger partial charge in [0, 0.05) is 18.4 Å². The van der Waals surface area contributed by atoms with E-state index in [1.807, 2.05) is 51.1 Å². The van der Waals surface area contributed by atoms with Gasteiger partial charge in [0.15, 0.2) is 0 Å². The number of rotatable bonds is 2. The zero-order chi connectivity index (χ0) is 19.3. The minimum absolute atomic E-state index is 0.0683. The molecule has 0 aliphatic carbocycles. The molecule has 1 heterocycles. The zero-order valence-corrected chi connectivity index (χ0v) is 15.5. The molecule has 0 saturated heterocycles. The fourth-order valence-electron chi connectivity index (χ4n) is 4.76. The van der Waals surface area contributed by atoms with Crippen LogP contribution in [-0.2, 0) is 15.0 Å². The number of carbonyl (C=O) groups is 2. The number of amides is 2. The van der Waals surface area contributed by atoms with E-state index in [0.29, 0.717) is 5.69 Å². The summed E-state index contributed by atoms with van der Waals surface area (Å²) >= 11 is 0. The van der Waals surface area contributed by atoms with Crippen molar-refractivity contribution in [1.82, 2.24) is 0 Å². The van der Waals surface area contributed by atoms with E-state index in [0.717, 1.165) is 11.1 Å². The van der Waals surface area contributed by atoms with Crippen LogP contribution in [0.25, 0.3) is 0 Å². The van der Waals surface area contributed by atoms with Gasteiger partial charge in [-0.3, -0.25) is 9.59 Å². The van der Waals surface area contributed by atoms with Gasteiger partial charge in [-0.05, 0) is 31.0 Å². The van der Waals surface area contributed by atoms with Crippen molar-refractivity contribution >= 4 is 17.5 Å². The van der Waals surface area contributed by atoms with E-state index in [9.17, 15) is 14.7 Å². The number of fused-ring (bicyclic) bond motifs is 1. The molecule has 2 atom stereocenters. The molecule has 5 nitrogen and oxygen atoms in total. The molecule has 136 valence electrons. The highest BCUT2D eigenvalue weighted by atomic mass is 16.3. The second-order valence-corrected chi connectivity index (χ2v) is 7.61. The van der Waals surface area contributed by atoms with Crippen LogP contribution in [-0.4, -0.2) is 22.5 Å². The zero-order valence-electron chi connectivity index (χ0n) is 15.5. The van der Waals surface area contributed by atoms with E-state index in [4.69, 9.17) is 5.73 Å². The lowest BCUT2D eigenvalue weighted by Crippen LogP contribution is -2.65. The van der Waals surface area contributed by atoms with E-state index < -0.39 is 22.8 Å². The molecule has 26 heavy (non-hydrogen) atoms. The van der Waals surface area contributed by atoms with Crippen molar-refractivity contribution in [2.75, 3.05) is 4.90 Å². The Labute approximate surface area is 153 Å². The van der Waals surface area contributed by atoms with Gasteiger partial charge in [-0.15, -0.1) is 0 Å². The van der Waals surface area contributed by atoms with Crippen LogP contribution in [0, 0.1) is 5.92 Å². The minimum atomic E-state index is -0.872. The summed E-state index contributed by atoms with van der Waals surface area (Å²) in [5.74, 6) is -1.26. The number of primary amides is 1. The van der Waals surface area contributed by atoms with Gasteiger partial charge in [0.2, 0.25) is 11.8 Å². The van der Waals surface area contributed by atoms with E-state index in [1.165, 1.54) is 6.92 Å². The number of aromatic hydroxyl groups is 1. The smallest absolute Gasteiger partial charge is 0.224 e. The third kappa shape index (κ3) is 2.38. The molecule has 2 aromatic carbocycles. The van der Waals surface area contributed by atoms with Crippen molar-refractivity contribution in [3.05, 3.63) is 59.7 Å². The van der Waals surface area contributed by atoms with Gasteiger partial charge in [-0.1, -0.05) is 43.3 Å². The van der Waals surface area contributed by atoms with Gasteiger partial charge in [0.1, 0.15) is 5.75 Å². The van der Waals surface area contributed by atoms with E-state index >= 15 is 0 Å². The second-order valence-electron chi connectivity index (χ2n) is 7.61.